The Morgan fingerprint density at radius 3 is 2.50 bits per heavy atom. The van der Waals surface area contributed by atoms with E-state index in [0.29, 0.717) is 36.0 Å². The first kappa shape index (κ1) is 20.8. The largest absolute Gasteiger partial charge is 0.322 e. The maximum absolute atomic E-state index is 13.6. The van der Waals surface area contributed by atoms with Crippen molar-refractivity contribution in [3.8, 4) is 0 Å². The highest BCUT2D eigenvalue weighted by molar-refractivity contribution is 6.10. The molecule has 1 N–H and O–H groups in total. The summed E-state index contributed by atoms with van der Waals surface area (Å²) in [6, 6.07) is 8.21. The summed E-state index contributed by atoms with van der Waals surface area (Å²) in [7, 11) is 0. The van der Waals surface area contributed by atoms with Crippen LogP contribution in [0.25, 0.3) is 0 Å². The van der Waals surface area contributed by atoms with Gasteiger partial charge in [0, 0.05) is 23.4 Å². The molecule has 1 atom stereocenters. The average molecular weight is 467 g/mol. The molecule has 34 heavy (non-hydrogen) atoms. The van der Waals surface area contributed by atoms with E-state index < -0.39 is 23.5 Å². The molecule has 1 fully saturated rings. The van der Waals surface area contributed by atoms with E-state index in [-0.39, 0.29) is 24.2 Å². The molecule has 1 aliphatic carbocycles. The lowest BCUT2D eigenvalue weighted by Gasteiger charge is -2.37. The molecular weight excluding hydrogens is 447 g/mol. The van der Waals surface area contributed by atoms with Gasteiger partial charge in [0.15, 0.2) is 17.5 Å². The first-order chi connectivity index (χ1) is 16.4. The van der Waals surface area contributed by atoms with Crippen LogP contribution in [-0.2, 0) is 19.6 Å². The zero-order valence-corrected chi connectivity index (χ0v) is 18.0. The number of fused-ring (bicyclic) bond motifs is 2. The van der Waals surface area contributed by atoms with Crippen LogP contribution in [0.2, 0.25) is 0 Å². The minimum Gasteiger partial charge on any atom is -0.313 e. The Morgan fingerprint density at radius 2 is 1.79 bits per heavy atom. The van der Waals surface area contributed by atoms with Crippen molar-refractivity contribution in [3.05, 3.63) is 76.9 Å². The molecule has 3 amide bonds. The molecule has 0 radical (unpaired) electrons. The predicted octanol–water partition coefficient (Wildman–Crippen LogP) is 4.29. The number of carbonyl (C=O) groups excluding carboxylic acids is 2. The molecule has 3 heterocycles. The van der Waals surface area contributed by atoms with Crippen molar-refractivity contribution < 1.29 is 22.8 Å². The SMILES string of the molecule is O=C1c2ccccc2CN1c1cnn2c1CN(C(=O)Nc1cc(F)c(F)c(F)c1)C(C1CC1)C2. The van der Waals surface area contributed by atoms with Crippen molar-refractivity contribution >= 4 is 23.3 Å². The fourth-order valence-corrected chi connectivity index (χ4v) is 4.88. The Balaban J connectivity index is 1.29. The minimum absolute atomic E-state index is 0.121. The number of halogens is 3. The summed E-state index contributed by atoms with van der Waals surface area (Å²) in [5, 5.41) is 6.99. The molecule has 0 saturated heterocycles. The second-order valence-corrected chi connectivity index (χ2v) is 8.92. The van der Waals surface area contributed by atoms with Gasteiger partial charge in [-0.05, 0) is 30.4 Å². The molecule has 1 aromatic heterocycles. The van der Waals surface area contributed by atoms with Crippen molar-refractivity contribution in [1.82, 2.24) is 14.7 Å². The molecule has 1 unspecified atom stereocenters. The lowest BCUT2D eigenvalue weighted by Crippen LogP contribution is -2.49. The quantitative estimate of drug-likeness (QED) is 0.585. The number of nitrogens with zero attached hydrogens (tertiary/aromatic N) is 4. The second kappa shape index (κ2) is 7.61. The Bertz CT molecular complexity index is 1310. The van der Waals surface area contributed by atoms with Crippen LogP contribution in [-0.4, -0.2) is 32.7 Å². The van der Waals surface area contributed by atoms with E-state index in [1.54, 1.807) is 22.1 Å². The zero-order chi connectivity index (χ0) is 23.6. The molecule has 0 bridgehead atoms. The van der Waals surface area contributed by atoms with E-state index >= 15 is 0 Å². The lowest BCUT2D eigenvalue weighted by molar-refractivity contribution is 0.0996. The third kappa shape index (κ3) is 3.32. The monoisotopic (exact) mass is 467 g/mol. The number of anilines is 2. The Morgan fingerprint density at radius 1 is 1.06 bits per heavy atom. The standard InChI is InChI=1S/C24H20F3N5O2/c25-17-7-15(8-18(26)22(17)27)29-24(34)31-11-21-19(9-28-32(21)12-20(31)13-5-6-13)30-10-14-3-1-2-4-16(14)23(30)33/h1-4,7-9,13,20H,5-6,10-12H2,(H,29,34). The van der Waals surface area contributed by atoms with Gasteiger partial charge in [-0.15, -0.1) is 0 Å². The number of urea groups is 1. The fourth-order valence-electron chi connectivity index (χ4n) is 4.88. The molecule has 3 aliphatic rings. The number of aromatic nitrogens is 2. The maximum Gasteiger partial charge on any atom is 0.322 e. The number of nitrogens with one attached hydrogen (secondary N) is 1. The summed E-state index contributed by atoms with van der Waals surface area (Å²) < 4.78 is 42.4. The smallest absolute Gasteiger partial charge is 0.313 e. The van der Waals surface area contributed by atoms with Gasteiger partial charge < -0.3 is 15.1 Å². The minimum atomic E-state index is -1.59. The van der Waals surface area contributed by atoms with Gasteiger partial charge in [0.1, 0.15) is 0 Å². The summed E-state index contributed by atoms with van der Waals surface area (Å²) in [6.45, 7) is 1.04. The molecule has 0 spiro atoms. The van der Waals surface area contributed by atoms with Crippen molar-refractivity contribution in [2.45, 2.75) is 38.5 Å². The highest BCUT2D eigenvalue weighted by atomic mass is 19.2. The number of amides is 3. The lowest BCUT2D eigenvalue weighted by atomic mass is 10.1. The van der Waals surface area contributed by atoms with Crippen molar-refractivity contribution in [2.24, 2.45) is 5.92 Å². The van der Waals surface area contributed by atoms with Gasteiger partial charge in [-0.1, -0.05) is 18.2 Å². The molecule has 1 saturated carbocycles. The maximum atomic E-state index is 13.6. The van der Waals surface area contributed by atoms with E-state index in [1.807, 2.05) is 22.9 Å². The Labute approximate surface area is 192 Å². The van der Waals surface area contributed by atoms with E-state index in [4.69, 9.17) is 0 Å². The molecule has 3 aromatic rings. The van der Waals surface area contributed by atoms with Crippen LogP contribution in [0.15, 0.2) is 42.6 Å². The second-order valence-electron chi connectivity index (χ2n) is 8.92. The number of carbonyl (C=O) groups is 2. The van der Waals surface area contributed by atoms with Crippen LogP contribution >= 0.6 is 0 Å². The molecule has 174 valence electrons. The first-order valence-corrected chi connectivity index (χ1v) is 11.1. The van der Waals surface area contributed by atoms with Gasteiger partial charge in [-0.3, -0.25) is 9.48 Å². The summed E-state index contributed by atoms with van der Waals surface area (Å²) in [4.78, 5) is 29.5. The highest BCUT2D eigenvalue weighted by Gasteiger charge is 2.43. The average Bonchev–Trinajstić information content (AvgIpc) is 3.51. The molecule has 6 rings (SSSR count). The van der Waals surface area contributed by atoms with Gasteiger partial charge in [0.05, 0.1) is 43.3 Å². The van der Waals surface area contributed by atoms with Crippen LogP contribution in [0.3, 0.4) is 0 Å². The number of hydrogen-bond donors (Lipinski definition) is 1. The molecule has 2 aliphatic heterocycles. The van der Waals surface area contributed by atoms with Crippen LogP contribution in [0, 0.1) is 23.4 Å². The Hall–Kier alpha value is -3.82. The van der Waals surface area contributed by atoms with E-state index in [9.17, 15) is 22.8 Å². The highest BCUT2D eigenvalue weighted by Crippen LogP contribution is 2.41. The van der Waals surface area contributed by atoms with Gasteiger partial charge >= 0.3 is 6.03 Å². The first-order valence-electron chi connectivity index (χ1n) is 11.1. The zero-order valence-electron chi connectivity index (χ0n) is 18.0. The van der Waals surface area contributed by atoms with Gasteiger partial charge in [0.25, 0.3) is 5.91 Å². The number of benzene rings is 2. The summed E-state index contributed by atoms with van der Waals surface area (Å²) in [5.41, 5.74) is 2.75. The summed E-state index contributed by atoms with van der Waals surface area (Å²) in [5.74, 6) is -4.16. The summed E-state index contributed by atoms with van der Waals surface area (Å²) >= 11 is 0. The third-order valence-corrected chi connectivity index (χ3v) is 6.78. The Kier molecular flexibility index (Phi) is 4.65. The van der Waals surface area contributed by atoms with Gasteiger partial charge in [-0.2, -0.15) is 5.10 Å². The number of hydrogen-bond acceptors (Lipinski definition) is 3. The number of rotatable bonds is 3. The normalized spacial score (nSPS) is 19.3. The molecular formula is C24H20F3N5O2. The van der Waals surface area contributed by atoms with Crippen LogP contribution in [0.1, 0.15) is 34.5 Å². The summed E-state index contributed by atoms with van der Waals surface area (Å²) in [6.07, 6.45) is 3.59. The van der Waals surface area contributed by atoms with Gasteiger partial charge in [0.2, 0.25) is 0 Å². The van der Waals surface area contributed by atoms with E-state index in [1.165, 1.54) is 0 Å². The van der Waals surface area contributed by atoms with Gasteiger partial charge in [-0.25, -0.2) is 18.0 Å². The van der Waals surface area contributed by atoms with Crippen LogP contribution < -0.4 is 10.2 Å². The molecule has 2 aromatic carbocycles. The van der Waals surface area contributed by atoms with Crippen LogP contribution in [0.5, 0.6) is 0 Å². The molecule has 7 nitrogen and oxygen atoms in total. The van der Waals surface area contributed by atoms with E-state index in [0.717, 1.165) is 30.5 Å². The van der Waals surface area contributed by atoms with Crippen molar-refractivity contribution in [1.29, 1.82) is 0 Å². The third-order valence-electron chi connectivity index (χ3n) is 6.78. The molecule has 10 heteroatoms. The predicted molar refractivity (Wildman–Crippen MR) is 117 cm³/mol. The van der Waals surface area contributed by atoms with E-state index in [2.05, 4.69) is 10.4 Å². The van der Waals surface area contributed by atoms with Crippen molar-refractivity contribution in [2.75, 3.05) is 10.2 Å². The van der Waals surface area contributed by atoms with Crippen LogP contribution in [0.4, 0.5) is 29.3 Å². The van der Waals surface area contributed by atoms with Crippen molar-refractivity contribution in [3.63, 3.8) is 0 Å². The topological polar surface area (TPSA) is 70.5 Å². The fraction of sp³-hybridized carbons (Fsp3) is 0.292.